The second kappa shape index (κ2) is 6.66. The van der Waals surface area contributed by atoms with Crippen molar-refractivity contribution in [3.63, 3.8) is 0 Å². The van der Waals surface area contributed by atoms with Gasteiger partial charge in [-0.15, -0.1) is 0 Å². The molecule has 1 rings (SSSR count). The zero-order valence-electron chi connectivity index (χ0n) is 9.15. The van der Waals surface area contributed by atoms with Crippen LogP contribution in [0, 0.1) is 5.92 Å². The van der Waals surface area contributed by atoms with Gasteiger partial charge in [0.05, 0.1) is 12.5 Å². The number of carboxylic acid groups (broad SMARTS) is 1. The zero-order valence-corrected chi connectivity index (χ0v) is 10.7. The first-order valence-electron chi connectivity index (χ1n) is 5.19. The molecule has 0 radical (unpaired) electrons. The van der Waals surface area contributed by atoms with Crippen LogP contribution in [0.3, 0.4) is 0 Å². The van der Waals surface area contributed by atoms with Gasteiger partial charge in [0.25, 0.3) is 0 Å². The predicted octanol–water partition coefficient (Wildman–Crippen LogP) is 2.73. The van der Waals surface area contributed by atoms with Crippen molar-refractivity contribution < 1.29 is 14.6 Å². The van der Waals surface area contributed by atoms with Crippen molar-refractivity contribution in [2.45, 2.75) is 13.3 Å². The lowest BCUT2D eigenvalue weighted by Crippen LogP contribution is -2.22. The van der Waals surface area contributed by atoms with Gasteiger partial charge in [-0.25, -0.2) is 0 Å². The Hall–Kier alpha value is -0.870. The predicted molar refractivity (Wildman–Crippen MR) is 65.5 cm³/mol. The molecule has 0 saturated carbocycles. The molecule has 0 aliphatic carbocycles. The third-order valence-electron chi connectivity index (χ3n) is 2.30. The zero-order chi connectivity index (χ0) is 12.0. The molecule has 1 aromatic carbocycles. The van der Waals surface area contributed by atoms with Crippen LogP contribution >= 0.6 is 15.9 Å². The van der Waals surface area contributed by atoms with Gasteiger partial charge in [0, 0.05) is 11.1 Å². The summed E-state index contributed by atoms with van der Waals surface area (Å²) in [5, 5.41) is 9.06. The highest BCUT2D eigenvalue weighted by Crippen LogP contribution is 2.19. The number of carboxylic acids is 1. The van der Waals surface area contributed by atoms with E-state index in [9.17, 15) is 4.79 Å². The Morgan fingerprint density at radius 1 is 1.50 bits per heavy atom. The summed E-state index contributed by atoms with van der Waals surface area (Å²) >= 11 is 3.41. The Labute approximate surface area is 104 Å². The van der Waals surface area contributed by atoms with Crippen LogP contribution in [-0.4, -0.2) is 24.3 Å². The van der Waals surface area contributed by atoms with Crippen molar-refractivity contribution in [2.24, 2.45) is 5.92 Å². The van der Waals surface area contributed by atoms with Crippen LogP contribution in [0.15, 0.2) is 28.7 Å². The number of halogens is 1. The van der Waals surface area contributed by atoms with E-state index in [1.54, 1.807) is 0 Å². The van der Waals surface area contributed by atoms with Gasteiger partial charge in [0.2, 0.25) is 0 Å². The molecular weight excluding hydrogens is 272 g/mol. The summed E-state index contributed by atoms with van der Waals surface area (Å²) in [4.78, 5) is 11.0. The molecule has 0 aliphatic heterocycles. The van der Waals surface area contributed by atoms with Gasteiger partial charge in [0.15, 0.2) is 0 Å². The van der Waals surface area contributed by atoms with Gasteiger partial charge in [-0.3, -0.25) is 4.79 Å². The Balaban J connectivity index is 2.68. The molecule has 16 heavy (non-hydrogen) atoms. The van der Waals surface area contributed by atoms with Crippen LogP contribution in [0.4, 0.5) is 0 Å². The summed E-state index contributed by atoms with van der Waals surface area (Å²) in [6.45, 7) is 2.66. The van der Waals surface area contributed by atoms with Crippen molar-refractivity contribution in [2.75, 3.05) is 13.2 Å². The number of ether oxygens (including phenoxy) is 1. The lowest BCUT2D eigenvalue weighted by Gasteiger charge is -2.13. The number of carbonyl (C=O) groups is 1. The van der Waals surface area contributed by atoms with E-state index in [-0.39, 0.29) is 6.61 Å². The molecule has 0 aliphatic rings. The van der Waals surface area contributed by atoms with E-state index < -0.39 is 11.9 Å². The molecule has 1 aromatic rings. The van der Waals surface area contributed by atoms with E-state index in [4.69, 9.17) is 9.84 Å². The largest absolute Gasteiger partial charge is 0.481 e. The maximum atomic E-state index is 11.0. The first kappa shape index (κ1) is 13.2. The van der Waals surface area contributed by atoms with Crippen molar-refractivity contribution in [1.29, 1.82) is 0 Å². The van der Waals surface area contributed by atoms with E-state index in [1.807, 2.05) is 31.2 Å². The standard InChI is InChI=1S/C12H15BrO3/c1-2-16-8-10(12(14)15)7-9-5-3-4-6-11(9)13/h3-6,10H,2,7-8H2,1H3,(H,14,15). The number of rotatable bonds is 6. The van der Waals surface area contributed by atoms with Crippen molar-refractivity contribution in [3.05, 3.63) is 34.3 Å². The summed E-state index contributed by atoms with van der Waals surface area (Å²) in [6, 6.07) is 7.65. The fraction of sp³-hybridized carbons (Fsp3) is 0.417. The van der Waals surface area contributed by atoms with Crippen LogP contribution < -0.4 is 0 Å². The van der Waals surface area contributed by atoms with Crippen molar-refractivity contribution in [1.82, 2.24) is 0 Å². The monoisotopic (exact) mass is 286 g/mol. The van der Waals surface area contributed by atoms with E-state index >= 15 is 0 Å². The molecule has 88 valence electrons. The minimum Gasteiger partial charge on any atom is -0.481 e. The van der Waals surface area contributed by atoms with Gasteiger partial charge in [-0.1, -0.05) is 34.1 Å². The van der Waals surface area contributed by atoms with E-state index in [1.165, 1.54) is 0 Å². The summed E-state index contributed by atoms with van der Waals surface area (Å²) < 4.78 is 6.12. The second-order valence-electron chi connectivity index (χ2n) is 3.49. The number of hydrogen-bond acceptors (Lipinski definition) is 2. The highest BCUT2D eigenvalue weighted by atomic mass is 79.9. The molecular formula is C12H15BrO3. The normalized spacial score (nSPS) is 12.4. The Bertz CT molecular complexity index is 352. The number of hydrogen-bond donors (Lipinski definition) is 1. The van der Waals surface area contributed by atoms with Crippen LogP contribution in [-0.2, 0) is 16.0 Å². The van der Waals surface area contributed by atoms with Gasteiger partial charge < -0.3 is 9.84 Å². The molecule has 0 heterocycles. The molecule has 1 atom stereocenters. The molecule has 0 spiro atoms. The maximum Gasteiger partial charge on any atom is 0.309 e. The second-order valence-corrected chi connectivity index (χ2v) is 4.34. The SMILES string of the molecule is CCOCC(Cc1ccccc1Br)C(=O)O. The molecule has 0 bridgehead atoms. The minimum atomic E-state index is -0.816. The van der Waals surface area contributed by atoms with Gasteiger partial charge >= 0.3 is 5.97 Å². The molecule has 1 unspecified atom stereocenters. The number of benzene rings is 1. The van der Waals surface area contributed by atoms with Crippen molar-refractivity contribution in [3.8, 4) is 0 Å². The summed E-state index contributed by atoms with van der Waals surface area (Å²) in [7, 11) is 0. The van der Waals surface area contributed by atoms with E-state index in [2.05, 4.69) is 15.9 Å². The smallest absolute Gasteiger partial charge is 0.309 e. The van der Waals surface area contributed by atoms with Gasteiger partial charge in [-0.2, -0.15) is 0 Å². The number of aliphatic carboxylic acids is 1. The molecule has 0 aromatic heterocycles. The summed E-state index contributed by atoms with van der Waals surface area (Å²) in [5.41, 5.74) is 0.995. The molecule has 0 fully saturated rings. The third kappa shape index (κ3) is 3.94. The average molecular weight is 287 g/mol. The average Bonchev–Trinajstić information content (AvgIpc) is 2.26. The fourth-order valence-corrected chi connectivity index (χ4v) is 1.85. The first-order chi connectivity index (χ1) is 7.65. The Morgan fingerprint density at radius 2 is 2.19 bits per heavy atom. The third-order valence-corrected chi connectivity index (χ3v) is 3.07. The lowest BCUT2D eigenvalue weighted by molar-refractivity contribution is -0.143. The molecule has 0 saturated heterocycles. The van der Waals surface area contributed by atoms with Gasteiger partial charge in [-0.05, 0) is 25.0 Å². The molecule has 1 N–H and O–H groups in total. The topological polar surface area (TPSA) is 46.5 Å². The van der Waals surface area contributed by atoms with Crippen LogP contribution in [0.2, 0.25) is 0 Å². The van der Waals surface area contributed by atoms with E-state index in [0.717, 1.165) is 10.0 Å². The fourth-order valence-electron chi connectivity index (χ4n) is 1.41. The van der Waals surface area contributed by atoms with Crippen LogP contribution in [0.5, 0.6) is 0 Å². The molecule has 3 nitrogen and oxygen atoms in total. The minimum absolute atomic E-state index is 0.257. The quantitative estimate of drug-likeness (QED) is 0.875. The Morgan fingerprint density at radius 3 is 2.75 bits per heavy atom. The first-order valence-corrected chi connectivity index (χ1v) is 5.98. The Kier molecular flexibility index (Phi) is 5.49. The molecule has 4 heteroatoms. The van der Waals surface area contributed by atoms with Crippen LogP contribution in [0.1, 0.15) is 12.5 Å². The maximum absolute atomic E-state index is 11.0. The van der Waals surface area contributed by atoms with Crippen LogP contribution in [0.25, 0.3) is 0 Å². The molecule has 0 amide bonds. The highest BCUT2D eigenvalue weighted by molar-refractivity contribution is 9.10. The highest BCUT2D eigenvalue weighted by Gasteiger charge is 2.18. The summed E-state index contributed by atoms with van der Waals surface area (Å²) in [6.07, 6.45) is 0.483. The van der Waals surface area contributed by atoms with Gasteiger partial charge in [0.1, 0.15) is 0 Å². The van der Waals surface area contributed by atoms with Crippen molar-refractivity contribution >= 4 is 21.9 Å². The summed E-state index contributed by atoms with van der Waals surface area (Å²) in [5.74, 6) is -1.30. The lowest BCUT2D eigenvalue weighted by atomic mass is 10.0. The van der Waals surface area contributed by atoms with E-state index in [0.29, 0.717) is 13.0 Å².